The van der Waals surface area contributed by atoms with Gasteiger partial charge in [-0.2, -0.15) is 0 Å². The zero-order valence-electron chi connectivity index (χ0n) is 24.9. The summed E-state index contributed by atoms with van der Waals surface area (Å²) in [7, 11) is 0. The van der Waals surface area contributed by atoms with E-state index in [0.29, 0.717) is 12.8 Å². The number of ether oxygens (including phenoxy) is 2. The number of hydrogen-bond acceptors (Lipinski definition) is 6. The largest absolute Gasteiger partial charge is 0.480 e. The van der Waals surface area contributed by atoms with E-state index in [1.54, 1.807) is 0 Å². The van der Waals surface area contributed by atoms with Crippen LogP contribution in [0.5, 0.6) is 23.0 Å². The average molecular weight is 1550 g/mol. The lowest BCUT2D eigenvalue weighted by Gasteiger charge is -2.14. The number of aliphatic carboxylic acids is 2. The summed E-state index contributed by atoms with van der Waals surface area (Å²) in [4.78, 5) is 21.8. The summed E-state index contributed by atoms with van der Waals surface area (Å²) < 4.78 is 20.5. The molecule has 2 unspecified atom stereocenters. The molecule has 0 aliphatic heterocycles. The molecule has 0 fully saturated rings. The molecule has 48 heavy (non-hydrogen) atoms. The van der Waals surface area contributed by atoms with Crippen molar-refractivity contribution in [2.45, 2.75) is 38.8 Å². The number of nitrogens with two attached hydrogens (primary N) is 2. The highest BCUT2D eigenvalue weighted by Crippen LogP contribution is 2.36. The van der Waals surface area contributed by atoms with Gasteiger partial charge in [0.15, 0.2) is 11.5 Å². The second kappa shape index (κ2) is 20.0. The highest BCUT2D eigenvalue weighted by atomic mass is 127. The molecule has 0 saturated carbocycles. The van der Waals surface area contributed by atoms with Crippen molar-refractivity contribution in [3.8, 4) is 23.0 Å². The maximum atomic E-state index is 10.9. The first kappa shape index (κ1) is 43.6. The van der Waals surface area contributed by atoms with Crippen LogP contribution >= 0.6 is 181 Å². The number of carbonyl (C=O) groups is 2. The van der Waals surface area contributed by atoms with Crippen LogP contribution in [0.1, 0.15) is 22.3 Å². The van der Waals surface area contributed by atoms with Gasteiger partial charge in [0.05, 0.1) is 14.3 Å². The van der Waals surface area contributed by atoms with E-state index in [1.807, 2.05) is 48.5 Å². The molecule has 4 rings (SSSR count). The smallest absolute Gasteiger partial charge is 0.320 e. The van der Waals surface area contributed by atoms with E-state index in [-0.39, 0.29) is 0 Å². The summed E-state index contributed by atoms with van der Waals surface area (Å²) in [6.07, 6.45) is 0.587. The first-order valence-corrected chi connectivity index (χ1v) is 22.2. The predicted octanol–water partition coefficient (Wildman–Crippen LogP) is 10.3. The molecule has 256 valence electrons. The third-order valence-corrected chi connectivity index (χ3v) is 14.3. The minimum atomic E-state index is -0.996. The Morgan fingerprint density at radius 2 is 0.792 bits per heavy atom. The van der Waals surface area contributed by atoms with E-state index in [9.17, 15) is 9.59 Å². The fraction of sp³-hybridized carbons (Fsp3) is 0.188. The van der Waals surface area contributed by atoms with Gasteiger partial charge in [-0.05, 0) is 278 Å². The van der Waals surface area contributed by atoms with Gasteiger partial charge in [-0.25, -0.2) is 0 Å². The first-order chi connectivity index (χ1) is 22.4. The number of rotatable bonds is 10. The van der Waals surface area contributed by atoms with Gasteiger partial charge in [0.25, 0.3) is 0 Å². The highest BCUT2D eigenvalue weighted by Gasteiger charge is 2.18. The van der Waals surface area contributed by atoms with Crippen LogP contribution in [0.25, 0.3) is 0 Å². The molecule has 4 aromatic rings. The molecule has 0 heterocycles. The Labute approximate surface area is 387 Å². The molecule has 0 aliphatic carbocycles. The van der Waals surface area contributed by atoms with Gasteiger partial charge < -0.3 is 31.2 Å². The zero-order chi connectivity index (χ0) is 36.0. The topological polar surface area (TPSA) is 145 Å². The number of halogens is 8. The Balaban J connectivity index is 0.000000260. The third-order valence-electron chi connectivity index (χ3n) is 6.61. The van der Waals surface area contributed by atoms with E-state index in [2.05, 4.69) is 195 Å². The van der Waals surface area contributed by atoms with Crippen LogP contribution in [0.15, 0.2) is 48.5 Å². The fourth-order valence-electron chi connectivity index (χ4n) is 3.94. The van der Waals surface area contributed by atoms with Crippen LogP contribution in [0, 0.1) is 42.4 Å². The normalized spacial score (nSPS) is 12.1. The monoisotopic (exact) mass is 1550 g/mol. The number of carboxylic acids is 2. The van der Waals surface area contributed by atoms with Crippen molar-refractivity contribution in [3.63, 3.8) is 0 Å². The van der Waals surface area contributed by atoms with Gasteiger partial charge in [-0.15, -0.1) is 0 Å². The number of benzene rings is 4. The Morgan fingerprint density at radius 1 is 0.542 bits per heavy atom. The maximum absolute atomic E-state index is 10.9. The van der Waals surface area contributed by atoms with E-state index >= 15 is 0 Å². The molecule has 0 radical (unpaired) electrons. The second-order valence-corrected chi connectivity index (χ2v) is 19.6. The lowest BCUT2D eigenvalue weighted by atomic mass is 10.1. The van der Waals surface area contributed by atoms with Crippen molar-refractivity contribution in [2.75, 3.05) is 0 Å². The van der Waals surface area contributed by atoms with Crippen LogP contribution in [0.3, 0.4) is 0 Å². The predicted molar refractivity (Wildman–Crippen MR) is 256 cm³/mol. The molecule has 0 aliphatic rings. The Hall–Kier alpha value is 1.18. The molecule has 0 bridgehead atoms. The molecule has 0 amide bonds. The van der Waals surface area contributed by atoms with Gasteiger partial charge in [0, 0.05) is 14.3 Å². The van der Waals surface area contributed by atoms with E-state index < -0.39 is 24.0 Å². The summed E-state index contributed by atoms with van der Waals surface area (Å²) >= 11 is 18.0. The van der Waals surface area contributed by atoms with Crippen LogP contribution in [0.4, 0.5) is 0 Å². The molecular formula is C32H26I8N2O6. The van der Waals surface area contributed by atoms with Gasteiger partial charge >= 0.3 is 11.9 Å². The minimum absolute atomic E-state index is 0.294. The van der Waals surface area contributed by atoms with Crippen LogP contribution in [-0.2, 0) is 22.4 Å². The summed E-state index contributed by atoms with van der Waals surface area (Å²) in [5.41, 5.74) is 15.5. The van der Waals surface area contributed by atoms with Crippen LogP contribution in [-0.4, -0.2) is 34.2 Å². The molecule has 4 aromatic carbocycles. The lowest BCUT2D eigenvalue weighted by Crippen LogP contribution is -2.32. The quantitative estimate of drug-likeness (QED) is 0.115. The molecule has 0 saturated heterocycles. The van der Waals surface area contributed by atoms with Crippen molar-refractivity contribution in [1.29, 1.82) is 0 Å². The third kappa shape index (κ3) is 12.7. The molecule has 0 aromatic heterocycles. The Bertz CT molecular complexity index is 1630. The molecule has 2 atom stereocenters. The minimum Gasteiger partial charge on any atom is -0.480 e. The summed E-state index contributed by atoms with van der Waals surface area (Å²) in [5.74, 6) is 1.15. The standard InChI is InChI=1S/2C16H13I4NO3/c2*1-7-10(17)5-9(6-11(7)18)24-15-12(19)2-8(3-13(15)20)4-14(21)16(22)23/h2*2-3,5-6,14H,4,21H2,1H3,(H,22,23). The summed E-state index contributed by atoms with van der Waals surface area (Å²) in [6.45, 7) is 4.17. The number of carboxylic acid groups (broad SMARTS) is 2. The SMILES string of the molecule is Cc1c(I)cc(Oc2c(I)cc(CC(N)C(=O)O)cc2I)cc1I.Cc1c(I)cc(Oc2c(I)cc(CC(N)C(=O)O)cc2I)cc1I. The Morgan fingerprint density at radius 3 is 1.02 bits per heavy atom. The number of hydrogen-bond donors (Lipinski definition) is 4. The van der Waals surface area contributed by atoms with E-state index in [1.165, 1.54) is 11.1 Å². The molecule has 8 nitrogen and oxygen atoms in total. The highest BCUT2D eigenvalue weighted by molar-refractivity contribution is 14.1. The molecule has 6 N–H and O–H groups in total. The van der Waals surface area contributed by atoms with Gasteiger partial charge in [-0.3, -0.25) is 9.59 Å². The first-order valence-electron chi connectivity index (χ1n) is 13.6. The average Bonchev–Trinajstić information content (AvgIpc) is 2.98. The van der Waals surface area contributed by atoms with Crippen molar-refractivity contribution in [1.82, 2.24) is 0 Å². The summed E-state index contributed by atoms with van der Waals surface area (Å²) in [5, 5.41) is 17.9. The fourth-order valence-corrected chi connectivity index (χ4v) is 11.6. The van der Waals surface area contributed by atoms with Gasteiger partial charge in [0.2, 0.25) is 0 Å². The maximum Gasteiger partial charge on any atom is 0.320 e. The van der Waals surface area contributed by atoms with Crippen LogP contribution < -0.4 is 20.9 Å². The zero-order valence-corrected chi connectivity index (χ0v) is 42.2. The van der Waals surface area contributed by atoms with E-state index in [0.717, 1.165) is 62.7 Å². The van der Waals surface area contributed by atoms with E-state index in [4.69, 9.17) is 31.2 Å². The molecular weight excluding hydrogens is 1520 g/mol. The van der Waals surface area contributed by atoms with Gasteiger partial charge in [-0.1, -0.05) is 0 Å². The van der Waals surface area contributed by atoms with Crippen LogP contribution in [0.2, 0.25) is 0 Å². The van der Waals surface area contributed by atoms with Crippen molar-refractivity contribution in [3.05, 3.63) is 99.3 Å². The van der Waals surface area contributed by atoms with Crippen molar-refractivity contribution < 1.29 is 29.3 Å². The van der Waals surface area contributed by atoms with Crippen molar-refractivity contribution in [2.24, 2.45) is 11.5 Å². The Kier molecular flexibility index (Phi) is 18.2. The second-order valence-electron chi connectivity index (χ2n) is 10.3. The summed E-state index contributed by atoms with van der Waals surface area (Å²) in [6, 6.07) is 13.9. The lowest BCUT2D eigenvalue weighted by molar-refractivity contribution is -0.139. The molecule has 16 heteroatoms. The van der Waals surface area contributed by atoms with Gasteiger partial charge in [0.1, 0.15) is 23.6 Å². The molecule has 0 spiro atoms. The van der Waals surface area contributed by atoms with Crippen molar-refractivity contribution >= 4 is 193 Å².